The molecule has 0 bridgehead atoms. The summed E-state index contributed by atoms with van der Waals surface area (Å²) in [6.07, 6.45) is -7.28. The monoisotopic (exact) mass is 339 g/mol. The summed E-state index contributed by atoms with van der Waals surface area (Å²) in [4.78, 5) is 0. The molecule has 1 aliphatic rings. The van der Waals surface area contributed by atoms with Crippen LogP contribution in [0.3, 0.4) is 0 Å². The number of aliphatic hydroxyl groups is 2. The molecule has 1 heterocycles. The second kappa shape index (κ2) is 6.14. The molecule has 120 valence electrons. The Kier molecular flexibility index (Phi) is 5.41. The minimum Gasteiger partial charge on any atom is -0.394 e. The maximum absolute atomic E-state index is 10.7. The summed E-state index contributed by atoms with van der Waals surface area (Å²) in [5.41, 5.74) is 5.34. The largest absolute Gasteiger partial charge is 0.397 e. The van der Waals surface area contributed by atoms with E-state index in [1.54, 1.807) is 0 Å². The third-order valence-corrected chi connectivity index (χ3v) is 3.29. The highest BCUT2D eigenvalue weighted by atomic mass is 32.3. The van der Waals surface area contributed by atoms with Crippen LogP contribution in [0.2, 0.25) is 0 Å². The van der Waals surface area contributed by atoms with E-state index in [1.165, 1.54) is 0 Å². The van der Waals surface area contributed by atoms with Gasteiger partial charge in [-0.05, 0) is 0 Å². The first-order chi connectivity index (χ1) is 8.94. The van der Waals surface area contributed by atoms with Gasteiger partial charge in [-0.2, -0.15) is 16.8 Å². The third-order valence-electron chi connectivity index (χ3n) is 2.36. The molecule has 0 saturated carbocycles. The molecule has 0 aromatic carbocycles. The van der Waals surface area contributed by atoms with Gasteiger partial charge in [0.05, 0.1) is 12.6 Å². The predicted octanol–water partition coefficient (Wildman–Crippen LogP) is -3.60. The molecule has 12 nitrogen and oxygen atoms in total. The molecule has 5 atom stereocenters. The van der Waals surface area contributed by atoms with E-state index < -0.39 is 58.0 Å². The van der Waals surface area contributed by atoms with Crippen molar-refractivity contribution in [1.29, 1.82) is 0 Å². The molecule has 0 amide bonds. The highest BCUT2D eigenvalue weighted by Crippen LogP contribution is 2.25. The predicted molar refractivity (Wildman–Crippen MR) is 58.8 cm³/mol. The molecule has 1 fully saturated rings. The van der Waals surface area contributed by atoms with Crippen molar-refractivity contribution in [2.24, 2.45) is 5.73 Å². The van der Waals surface area contributed by atoms with Crippen molar-refractivity contribution in [2.45, 2.75) is 30.6 Å². The van der Waals surface area contributed by atoms with Crippen molar-refractivity contribution in [3.05, 3.63) is 0 Å². The number of ether oxygens (including phenoxy) is 1. The average Bonchev–Trinajstić information content (AvgIpc) is 2.25. The Morgan fingerprint density at radius 1 is 1.05 bits per heavy atom. The number of aliphatic hydroxyl groups excluding tert-OH is 2. The Morgan fingerprint density at radius 2 is 1.50 bits per heavy atom. The van der Waals surface area contributed by atoms with E-state index in [0.29, 0.717) is 0 Å². The van der Waals surface area contributed by atoms with Crippen LogP contribution in [-0.4, -0.2) is 73.4 Å². The minimum absolute atomic E-state index is 0.921. The zero-order valence-electron chi connectivity index (χ0n) is 9.63. The Bertz CT molecular complexity index is 495. The highest BCUT2D eigenvalue weighted by molar-refractivity contribution is 7.81. The van der Waals surface area contributed by atoms with Gasteiger partial charge in [0.1, 0.15) is 18.3 Å². The lowest BCUT2D eigenvalue weighted by atomic mass is 9.98. The maximum Gasteiger partial charge on any atom is 0.397 e. The van der Waals surface area contributed by atoms with Crippen molar-refractivity contribution in [3.63, 3.8) is 0 Å². The van der Waals surface area contributed by atoms with Gasteiger partial charge in [-0.3, -0.25) is 9.11 Å². The molecule has 0 radical (unpaired) electrons. The van der Waals surface area contributed by atoms with Gasteiger partial charge in [-0.25, -0.2) is 8.37 Å². The lowest BCUT2D eigenvalue weighted by Gasteiger charge is -2.40. The quantitative estimate of drug-likeness (QED) is 0.308. The first kappa shape index (κ1) is 17.6. The third kappa shape index (κ3) is 4.85. The molecule has 1 aliphatic heterocycles. The molecular formula is C6H13NO11S2. The Hall–Kier alpha value is -0.420. The van der Waals surface area contributed by atoms with Gasteiger partial charge >= 0.3 is 20.8 Å². The number of hydrogen-bond donors (Lipinski definition) is 5. The van der Waals surface area contributed by atoms with Gasteiger partial charge in [0.25, 0.3) is 0 Å². The molecule has 6 N–H and O–H groups in total. The van der Waals surface area contributed by atoms with E-state index in [9.17, 15) is 21.9 Å². The van der Waals surface area contributed by atoms with Crippen molar-refractivity contribution in [2.75, 3.05) is 6.61 Å². The molecule has 14 heteroatoms. The van der Waals surface area contributed by atoms with Crippen LogP contribution in [0.1, 0.15) is 0 Å². The standard InChI is InChI=1S/C6H13NO11S2/c7-3-5(18-20(13,14)15)4(17-19(10,11)12)2(1-8)16-6(3)9/h2-6,8-9H,1,7H2,(H,10,11,12)(H,13,14,15)/t2-,3-,4-,5-,6?/m1/s1. The van der Waals surface area contributed by atoms with Gasteiger partial charge in [0.15, 0.2) is 6.29 Å². The van der Waals surface area contributed by atoms with Gasteiger partial charge in [0, 0.05) is 0 Å². The van der Waals surface area contributed by atoms with Gasteiger partial charge < -0.3 is 20.7 Å². The lowest BCUT2D eigenvalue weighted by molar-refractivity contribution is -0.239. The van der Waals surface area contributed by atoms with Gasteiger partial charge in [0.2, 0.25) is 0 Å². The SMILES string of the molecule is N[C@H]1C(O)O[C@H](CO)[C@@H](OS(=O)(=O)O)[C@@H]1OS(=O)(=O)O. The molecular weight excluding hydrogens is 326 g/mol. The van der Waals surface area contributed by atoms with Crippen molar-refractivity contribution >= 4 is 20.8 Å². The van der Waals surface area contributed by atoms with Crippen LogP contribution in [-0.2, 0) is 33.9 Å². The Labute approximate surface area is 114 Å². The van der Waals surface area contributed by atoms with Crippen LogP contribution < -0.4 is 5.73 Å². The minimum atomic E-state index is -5.08. The Balaban J connectivity index is 3.12. The molecule has 0 spiro atoms. The summed E-state index contributed by atoms with van der Waals surface area (Å²) < 4.78 is 72.8. The molecule has 20 heavy (non-hydrogen) atoms. The van der Waals surface area contributed by atoms with Crippen molar-refractivity contribution in [1.82, 2.24) is 0 Å². The smallest absolute Gasteiger partial charge is 0.394 e. The number of nitrogens with two attached hydrogens (primary N) is 1. The topological polar surface area (TPSA) is 203 Å². The van der Waals surface area contributed by atoms with E-state index in [0.717, 1.165) is 0 Å². The first-order valence-electron chi connectivity index (χ1n) is 4.96. The van der Waals surface area contributed by atoms with E-state index in [2.05, 4.69) is 13.1 Å². The van der Waals surface area contributed by atoms with Gasteiger partial charge in [-0.1, -0.05) is 0 Å². The fraction of sp³-hybridized carbons (Fsp3) is 1.00. The van der Waals surface area contributed by atoms with Crippen molar-refractivity contribution in [3.8, 4) is 0 Å². The van der Waals surface area contributed by atoms with Crippen LogP contribution in [0.15, 0.2) is 0 Å². The molecule has 1 unspecified atom stereocenters. The molecule has 0 aromatic rings. The van der Waals surface area contributed by atoms with E-state index in [-0.39, 0.29) is 0 Å². The Morgan fingerprint density at radius 3 is 1.90 bits per heavy atom. The highest BCUT2D eigenvalue weighted by Gasteiger charge is 2.49. The normalized spacial score (nSPS) is 36.0. The zero-order chi connectivity index (χ0) is 15.7. The van der Waals surface area contributed by atoms with Crippen molar-refractivity contribution < 1.29 is 49.3 Å². The van der Waals surface area contributed by atoms with Crippen LogP contribution in [0.25, 0.3) is 0 Å². The van der Waals surface area contributed by atoms with Crippen LogP contribution in [0.4, 0.5) is 0 Å². The van der Waals surface area contributed by atoms with E-state index in [4.69, 9.17) is 19.9 Å². The second-order valence-electron chi connectivity index (χ2n) is 3.80. The van der Waals surface area contributed by atoms with Crippen LogP contribution >= 0.6 is 0 Å². The summed E-state index contributed by atoms with van der Waals surface area (Å²) in [6.45, 7) is -0.921. The van der Waals surface area contributed by atoms with E-state index >= 15 is 0 Å². The molecule has 0 aliphatic carbocycles. The lowest BCUT2D eigenvalue weighted by Crippen LogP contribution is -2.64. The van der Waals surface area contributed by atoms with Gasteiger partial charge in [-0.15, -0.1) is 0 Å². The maximum atomic E-state index is 10.7. The molecule has 0 aromatic heterocycles. The summed E-state index contributed by atoms with van der Waals surface area (Å²) in [5, 5.41) is 18.4. The first-order valence-corrected chi connectivity index (χ1v) is 7.69. The fourth-order valence-corrected chi connectivity index (χ4v) is 2.64. The second-order valence-corrected chi connectivity index (χ2v) is 5.90. The van der Waals surface area contributed by atoms with Crippen LogP contribution in [0.5, 0.6) is 0 Å². The summed E-state index contributed by atoms with van der Waals surface area (Å²) in [7, 11) is -10.2. The fourth-order valence-electron chi connectivity index (χ4n) is 1.60. The molecule has 1 saturated heterocycles. The zero-order valence-corrected chi connectivity index (χ0v) is 11.3. The summed E-state index contributed by atoms with van der Waals surface area (Å²) in [5.74, 6) is 0. The van der Waals surface area contributed by atoms with Crippen LogP contribution in [0, 0.1) is 0 Å². The summed E-state index contributed by atoms with van der Waals surface area (Å²) in [6, 6.07) is -1.65. The average molecular weight is 339 g/mol. The number of hydrogen-bond acceptors (Lipinski definition) is 10. The molecule has 1 rings (SSSR count). The number of rotatable bonds is 5. The summed E-state index contributed by atoms with van der Waals surface area (Å²) >= 11 is 0. The van der Waals surface area contributed by atoms with E-state index in [1.807, 2.05) is 0 Å².